The van der Waals surface area contributed by atoms with Crippen molar-refractivity contribution >= 4 is 21.6 Å². The molecule has 27 heavy (non-hydrogen) atoms. The second-order valence-electron chi connectivity index (χ2n) is 6.78. The molecule has 1 heterocycles. The van der Waals surface area contributed by atoms with E-state index in [1.165, 1.54) is 10.4 Å². The van der Waals surface area contributed by atoms with Crippen LogP contribution >= 0.6 is 0 Å². The lowest BCUT2D eigenvalue weighted by atomic mass is 10.1. The van der Waals surface area contributed by atoms with Gasteiger partial charge in [-0.3, -0.25) is 4.79 Å². The molecule has 1 aliphatic rings. The lowest BCUT2D eigenvalue weighted by Gasteiger charge is -2.23. The van der Waals surface area contributed by atoms with Crippen LogP contribution in [0.2, 0.25) is 0 Å². The Bertz CT molecular complexity index is 875. The first-order valence-corrected chi connectivity index (χ1v) is 10.9. The number of amides is 1. The van der Waals surface area contributed by atoms with Crippen LogP contribution in [0.25, 0.3) is 0 Å². The maximum Gasteiger partial charge on any atom is 0.258 e. The molecule has 0 aromatic heterocycles. The summed E-state index contributed by atoms with van der Waals surface area (Å²) in [5.74, 6) is -0.173. The minimum atomic E-state index is -3.54. The predicted molar refractivity (Wildman–Crippen MR) is 107 cm³/mol. The Labute approximate surface area is 161 Å². The first kappa shape index (κ1) is 19.6. The topological polar surface area (TPSA) is 57.7 Å². The average Bonchev–Trinajstić information content (AvgIpc) is 3.25. The maximum atomic E-state index is 13.2. The third-order valence-corrected chi connectivity index (χ3v) is 6.73. The molecule has 1 amide bonds. The highest BCUT2D eigenvalue weighted by atomic mass is 32.2. The van der Waals surface area contributed by atoms with Gasteiger partial charge in [-0.1, -0.05) is 37.6 Å². The summed E-state index contributed by atoms with van der Waals surface area (Å²) < 4.78 is 27.1. The molecule has 0 bridgehead atoms. The summed E-state index contributed by atoms with van der Waals surface area (Å²) in [7, 11) is -3.54. The van der Waals surface area contributed by atoms with E-state index in [0.717, 1.165) is 31.4 Å². The van der Waals surface area contributed by atoms with Crippen LogP contribution in [-0.2, 0) is 10.0 Å². The highest BCUT2D eigenvalue weighted by molar-refractivity contribution is 7.89. The van der Waals surface area contributed by atoms with Gasteiger partial charge in [0.2, 0.25) is 10.0 Å². The number of unbranched alkanes of at least 4 members (excludes halogenated alkanes) is 1. The lowest BCUT2D eigenvalue weighted by molar-refractivity contribution is 0.0986. The van der Waals surface area contributed by atoms with Gasteiger partial charge in [-0.05, 0) is 49.6 Å². The Morgan fingerprint density at radius 2 is 1.74 bits per heavy atom. The van der Waals surface area contributed by atoms with Crippen LogP contribution in [0.3, 0.4) is 0 Å². The zero-order valence-corrected chi connectivity index (χ0v) is 16.5. The van der Waals surface area contributed by atoms with Gasteiger partial charge in [0.1, 0.15) is 0 Å². The van der Waals surface area contributed by atoms with E-state index in [2.05, 4.69) is 6.92 Å². The van der Waals surface area contributed by atoms with Crippen molar-refractivity contribution < 1.29 is 13.2 Å². The molecule has 2 aromatic carbocycles. The Kier molecular flexibility index (Phi) is 6.29. The minimum Gasteiger partial charge on any atom is -0.308 e. The van der Waals surface area contributed by atoms with Gasteiger partial charge in [0.15, 0.2) is 0 Å². The van der Waals surface area contributed by atoms with Crippen molar-refractivity contribution in [1.82, 2.24) is 4.31 Å². The number of para-hydroxylation sites is 1. The molecule has 0 aliphatic carbocycles. The summed E-state index contributed by atoms with van der Waals surface area (Å²) >= 11 is 0. The molecule has 1 saturated heterocycles. The van der Waals surface area contributed by atoms with Gasteiger partial charge in [0, 0.05) is 30.9 Å². The summed E-state index contributed by atoms with van der Waals surface area (Å²) in [5.41, 5.74) is 1.22. The van der Waals surface area contributed by atoms with Crippen molar-refractivity contribution in [3.8, 4) is 0 Å². The lowest BCUT2D eigenvalue weighted by Crippen LogP contribution is -2.32. The SMILES string of the molecule is CCCCN(C(=O)c1cccc(S(=O)(=O)N2CCCC2)c1)c1ccccc1. The molecule has 0 radical (unpaired) electrons. The fraction of sp³-hybridized carbons (Fsp3) is 0.381. The summed E-state index contributed by atoms with van der Waals surface area (Å²) in [6.07, 6.45) is 3.62. The maximum absolute atomic E-state index is 13.2. The molecule has 144 valence electrons. The van der Waals surface area contributed by atoms with Gasteiger partial charge in [0.25, 0.3) is 5.91 Å². The molecule has 3 rings (SSSR count). The van der Waals surface area contributed by atoms with Gasteiger partial charge in [-0.25, -0.2) is 8.42 Å². The molecule has 1 fully saturated rings. The highest BCUT2D eigenvalue weighted by Crippen LogP contribution is 2.23. The van der Waals surface area contributed by atoms with E-state index in [9.17, 15) is 13.2 Å². The monoisotopic (exact) mass is 386 g/mol. The molecule has 1 aliphatic heterocycles. The summed E-state index contributed by atoms with van der Waals surface area (Å²) in [6, 6.07) is 15.9. The number of nitrogens with zero attached hydrogens (tertiary/aromatic N) is 2. The number of hydrogen-bond acceptors (Lipinski definition) is 3. The second kappa shape index (κ2) is 8.67. The van der Waals surface area contributed by atoms with Crippen LogP contribution in [0.15, 0.2) is 59.5 Å². The zero-order chi connectivity index (χ0) is 19.3. The molecule has 0 spiro atoms. The Morgan fingerprint density at radius 1 is 1.04 bits per heavy atom. The van der Waals surface area contributed by atoms with Crippen LogP contribution in [0.4, 0.5) is 5.69 Å². The fourth-order valence-corrected chi connectivity index (χ4v) is 4.86. The molecule has 2 aromatic rings. The Balaban J connectivity index is 1.91. The molecule has 0 atom stereocenters. The summed E-state index contributed by atoms with van der Waals surface area (Å²) in [6.45, 7) is 3.78. The third kappa shape index (κ3) is 4.39. The van der Waals surface area contributed by atoms with Crippen LogP contribution in [0.1, 0.15) is 43.0 Å². The van der Waals surface area contributed by atoms with Crippen molar-refractivity contribution in [2.75, 3.05) is 24.5 Å². The Morgan fingerprint density at radius 3 is 2.41 bits per heavy atom. The van der Waals surface area contributed by atoms with Gasteiger partial charge < -0.3 is 4.90 Å². The Hall–Kier alpha value is -2.18. The predicted octanol–water partition coefficient (Wildman–Crippen LogP) is 3.92. The van der Waals surface area contributed by atoms with Crippen LogP contribution in [0.5, 0.6) is 0 Å². The third-order valence-electron chi connectivity index (χ3n) is 4.83. The van der Waals surface area contributed by atoms with E-state index in [1.54, 1.807) is 23.1 Å². The standard InChI is InChI=1S/C21H26N2O3S/c1-2-3-16-23(19-11-5-4-6-12-19)21(24)18-10-9-13-20(17-18)27(25,26)22-14-7-8-15-22/h4-6,9-13,17H,2-3,7-8,14-16H2,1H3. The van der Waals surface area contributed by atoms with E-state index < -0.39 is 10.0 Å². The van der Waals surface area contributed by atoms with Crippen LogP contribution in [-0.4, -0.2) is 38.3 Å². The van der Waals surface area contributed by atoms with E-state index >= 15 is 0 Å². The van der Waals surface area contributed by atoms with Crippen molar-refractivity contribution in [2.45, 2.75) is 37.5 Å². The quantitative estimate of drug-likeness (QED) is 0.725. The molecule has 0 saturated carbocycles. The average molecular weight is 387 g/mol. The van der Waals surface area contributed by atoms with E-state index in [-0.39, 0.29) is 10.8 Å². The van der Waals surface area contributed by atoms with Crippen molar-refractivity contribution in [3.05, 3.63) is 60.2 Å². The second-order valence-corrected chi connectivity index (χ2v) is 8.72. The minimum absolute atomic E-state index is 0.173. The van der Waals surface area contributed by atoms with E-state index in [1.807, 2.05) is 30.3 Å². The number of rotatable bonds is 7. The molecular formula is C21H26N2O3S. The normalized spacial score (nSPS) is 15.0. The van der Waals surface area contributed by atoms with Gasteiger partial charge in [-0.2, -0.15) is 4.31 Å². The molecule has 0 unspecified atom stereocenters. The molecule has 5 nitrogen and oxygen atoms in total. The van der Waals surface area contributed by atoms with E-state index in [4.69, 9.17) is 0 Å². The van der Waals surface area contributed by atoms with Gasteiger partial charge in [-0.15, -0.1) is 0 Å². The number of carbonyl (C=O) groups excluding carboxylic acids is 1. The van der Waals surface area contributed by atoms with Gasteiger partial charge in [0.05, 0.1) is 4.90 Å². The van der Waals surface area contributed by atoms with Crippen molar-refractivity contribution in [3.63, 3.8) is 0 Å². The summed E-state index contributed by atoms with van der Waals surface area (Å²) in [4.78, 5) is 15.1. The number of sulfonamides is 1. The van der Waals surface area contributed by atoms with Crippen molar-refractivity contribution in [1.29, 1.82) is 0 Å². The smallest absolute Gasteiger partial charge is 0.258 e. The van der Waals surface area contributed by atoms with Crippen molar-refractivity contribution in [2.24, 2.45) is 0 Å². The molecular weight excluding hydrogens is 360 g/mol. The first-order chi connectivity index (χ1) is 13.0. The molecule has 6 heteroatoms. The number of anilines is 1. The molecule has 0 N–H and O–H groups in total. The van der Waals surface area contributed by atoms with E-state index in [0.29, 0.717) is 25.2 Å². The van der Waals surface area contributed by atoms with Gasteiger partial charge >= 0.3 is 0 Å². The zero-order valence-electron chi connectivity index (χ0n) is 15.7. The number of benzene rings is 2. The van der Waals surface area contributed by atoms with Crippen LogP contribution in [0, 0.1) is 0 Å². The first-order valence-electron chi connectivity index (χ1n) is 9.51. The number of carbonyl (C=O) groups is 1. The highest BCUT2D eigenvalue weighted by Gasteiger charge is 2.28. The summed E-state index contributed by atoms with van der Waals surface area (Å²) in [5, 5.41) is 0. The fourth-order valence-electron chi connectivity index (χ4n) is 3.30. The number of hydrogen-bond donors (Lipinski definition) is 0. The van der Waals surface area contributed by atoms with Crippen LogP contribution < -0.4 is 4.90 Å². The largest absolute Gasteiger partial charge is 0.308 e.